The molecule has 1 aliphatic rings. The summed E-state index contributed by atoms with van der Waals surface area (Å²) in [7, 11) is -5.96. The summed E-state index contributed by atoms with van der Waals surface area (Å²) in [6, 6.07) is 4.56. The zero-order valence-corrected chi connectivity index (χ0v) is 21.1. The standard InChI is InChI=1S/C17H22BrF9N2Si2/c1-30(2,3)28-13(29(28)31(4,5)6,11-7-9-12(18)10-8-11)14(19,20)15(21,22)16(23,24)17(25,26)27/h7-10H,1-6H3. The molecule has 0 bridgehead atoms. The Labute approximate surface area is 184 Å². The van der Waals surface area contributed by atoms with Crippen molar-refractivity contribution in [2.75, 3.05) is 0 Å². The first-order valence-electron chi connectivity index (χ1n) is 9.06. The van der Waals surface area contributed by atoms with Crippen LogP contribution in [0.25, 0.3) is 0 Å². The summed E-state index contributed by atoms with van der Waals surface area (Å²) >= 11 is 3.08. The third-order valence-electron chi connectivity index (χ3n) is 4.87. The van der Waals surface area contributed by atoms with Crippen molar-refractivity contribution in [2.24, 2.45) is 0 Å². The molecule has 0 spiro atoms. The minimum Gasteiger partial charge on any atom is -0.240 e. The van der Waals surface area contributed by atoms with Crippen LogP contribution >= 0.6 is 15.9 Å². The van der Waals surface area contributed by atoms with E-state index in [0.29, 0.717) is 4.47 Å². The van der Waals surface area contributed by atoms with Gasteiger partial charge in [0.05, 0.1) is 0 Å². The number of alkyl halides is 9. The van der Waals surface area contributed by atoms with Crippen molar-refractivity contribution in [3.05, 3.63) is 34.3 Å². The topological polar surface area (TPSA) is 6.02 Å². The minimum atomic E-state index is -6.95. The van der Waals surface area contributed by atoms with Crippen molar-refractivity contribution >= 4 is 32.4 Å². The van der Waals surface area contributed by atoms with E-state index < -0.39 is 51.6 Å². The molecule has 31 heavy (non-hydrogen) atoms. The second-order valence-electron chi connectivity index (χ2n) is 9.37. The molecule has 0 aliphatic carbocycles. The van der Waals surface area contributed by atoms with Crippen molar-refractivity contribution in [2.45, 2.75) is 68.9 Å². The predicted octanol–water partition coefficient (Wildman–Crippen LogP) is 7.27. The maximum absolute atomic E-state index is 15.6. The first-order chi connectivity index (χ1) is 13.5. The van der Waals surface area contributed by atoms with E-state index in [1.165, 1.54) is 51.4 Å². The lowest BCUT2D eigenvalue weighted by molar-refractivity contribution is -0.403. The van der Waals surface area contributed by atoms with Gasteiger partial charge in [0.1, 0.15) is 16.5 Å². The van der Waals surface area contributed by atoms with Gasteiger partial charge in [-0.15, -0.1) is 0 Å². The van der Waals surface area contributed by atoms with Crippen LogP contribution in [0.5, 0.6) is 0 Å². The van der Waals surface area contributed by atoms with Crippen LogP contribution in [0.15, 0.2) is 28.7 Å². The van der Waals surface area contributed by atoms with Gasteiger partial charge in [0.25, 0.3) is 0 Å². The second kappa shape index (κ2) is 7.21. The molecular weight excluding hydrogens is 539 g/mol. The van der Waals surface area contributed by atoms with Gasteiger partial charge >= 0.3 is 23.9 Å². The van der Waals surface area contributed by atoms with Gasteiger partial charge in [-0.1, -0.05) is 67.3 Å². The molecule has 1 saturated heterocycles. The van der Waals surface area contributed by atoms with Gasteiger partial charge in [-0.05, 0) is 17.7 Å². The molecule has 0 amide bonds. The molecule has 0 aromatic heterocycles. The Morgan fingerprint density at radius 2 is 1.03 bits per heavy atom. The van der Waals surface area contributed by atoms with E-state index >= 15 is 8.78 Å². The minimum absolute atomic E-state index is 0.391. The zero-order valence-electron chi connectivity index (χ0n) is 17.5. The molecule has 0 N–H and O–H groups in total. The number of hydrogen-bond donors (Lipinski definition) is 0. The number of benzene rings is 1. The maximum Gasteiger partial charge on any atom is 0.460 e. The first-order valence-corrected chi connectivity index (χ1v) is 16.7. The second-order valence-corrected chi connectivity index (χ2v) is 19.8. The first kappa shape index (κ1) is 26.7. The highest BCUT2D eigenvalue weighted by atomic mass is 79.9. The van der Waals surface area contributed by atoms with E-state index in [9.17, 15) is 30.7 Å². The van der Waals surface area contributed by atoms with Gasteiger partial charge in [-0.3, -0.25) is 0 Å². The number of rotatable bonds is 6. The Morgan fingerprint density at radius 1 is 0.677 bits per heavy atom. The summed E-state index contributed by atoms with van der Waals surface area (Å²) in [5.41, 5.74) is -3.64. The molecule has 0 saturated carbocycles. The lowest BCUT2D eigenvalue weighted by Gasteiger charge is -2.39. The fourth-order valence-corrected chi connectivity index (χ4v) is 9.99. The Bertz CT molecular complexity index is 810. The summed E-state index contributed by atoms with van der Waals surface area (Å²) in [6.07, 6.45) is -6.87. The van der Waals surface area contributed by atoms with E-state index in [0.717, 1.165) is 21.5 Å². The van der Waals surface area contributed by atoms with Crippen molar-refractivity contribution in [1.82, 2.24) is 9.35 Å². The average molecular weight is 561 g/mol. The highest BCUT2D eigenvalue weighted by molar-refractivity contribution is 9.10. The van der Waals surface area contributed by atoms with E-state index in [4.69, 9.17) is 0 Å². The van der Waals surface area contributed by atoms with Gasteiger partial charge in [-0.2, -0.15) is 39.5 Å². The monoisotopic (exact) mass is 560 g/mol. The Balaban J connectivity index is 2.92. The Hall–Kier alpha value is -0.576. The summed E-state index contributed by atoms with van der Waals surface area (Å²) in [6.45, 7) is 9.15. The number of nitrogens with zero attached hydrogens (tertiary/aromatic N) is 2. The number of halogens is 10. The third kappa shape index (κ3) is 3.69. The normalized spacial score (nSPS) is 26.2. The van der Waals surface area contributed by atoms with Crippen LogP contribution in [0.1, 0.15) is 5.56 Å². The van der Waals surface area contributed by atoms with Crippen LogP contribution in [0, 0.1) is 0 Å². The summed E-state index contributed by atoms with van der Waals surface area (Å²) in [5, 5.41) is 0. The molecule has 2 unspecified atom stereocenters. The van der Waals surface area contributed by atoms with E-state index in [-0.39, 0.29) is 0 Å². The van der Waals surface area contributed by atoms with E-state index in [1.807, 2.05) is 0 Å². The highest BCUT2D eigenvalue weighted by Crippen LogP contribution is 2.68. The molecule has 14 heteroatoms. The number of hydrogen-bond acceptors (Lipinski definition) is 2. The molecule has 2 rings (SSSR count). The smallest absolute Gasteiger partial charge is 0.240 e. The highest BCUT2D eigenvalue weighted by Gasteiger charge is 2.93. The lowest BCUT2D eigenvalue weighted by Crippen LogP contribution is -2.66. The van der Waals surface area contributed by atoms with Crippen molar-refractivity contribution in [1.29, 1.82) is 0 Å². The lowest BCUT2D eigenvalue weighted by atomic mass is 9.89. The Kier molecular flexibility index (Phi) is 6.20. The maximum atomic E-state index is 15.6. The molecule has 2 nitrogen and oxygen atoms in total. The summed E-state index contributed by atoms with van der Waals surface area (Å²) in [5.74, 6) is -19.5. The van der Waals surface area contributed by atoms with Gasteiger partial charge in [-0.25, -0.2) is 9.35 Å². The van der Waals surface area contributed by atoms with Crippen LogP contribution in [-0.2, 0) is 5.66 Å². The average Bonchev–Trinajstić information content (AvgIpc) is 3.27. The summed E-state index contributed by atoms with van der Waals surface area (Å²) < 4.78 is 129. The molecule has 0 radical (unpaired) electrons. The summed E-state index contributed by atoms with van der Waals surface area (Å²) in [4.78, 5) is 0. The van der Waals surface area contributed by atoms with Gasteiger partial charge in [0, 0.05) is 4.47 Å². The van der Waals surface area contributed by atoms with E-state index in [2.05, 4.69) is 15.9 Å². The van der Waals surface area contributed by atoms with Crippen LogP contribution in [-0.4, -0.2) is 49.8 Å². The van der Waals surface area contributed by atoms with Crippen molar-refractivity contribution in [3.8, 4) is 0 Å². The molecule has 1 aromatic carbocycles. The molecule has 1 aliphatic heterocycles. The molecule has 178 valence electrons. The quantitative estimate of drug-likeness (QED) is 0.205. The molecule has 1 aromatic rings. The van der Waals surface area contributed by atoms with Crippen LogP contribution in [0.2, 0.25) is 39.3 Å². The predicted molar refractivity (Wildman–Crippen MR) is 107 cm³/mol. The third-order valence-corrected chi connectivity index (χ3v) is 9.19. The van der Waals surface area contributed by atoms with E-state index in [1.54, 1.807) is 0 Å². The molecule has 2 atom stereocenters. The fourth-order valence-electron chi connectivity index (χ4n) is 3.76. The largest absolute Gasteiger partial charge is 0.460 e. The SMILES string of the molecule is C[Si](C)(C)N1N([Si](C)(C)C)C1(c1ccc(Br)cc1)C(F)(F)C(F)(F)C(F)(F)C(F)(F)F. The van der Waals surface area contributed by atoms with Gasteiger partial charge in [0.2, 0.25) is 0 Å². The molecule has 1 heterocycles. The van der Waals surface area contributed by atoms with Crippen molar-refractivity contribution in [3.63, 3.8) is 0 Å². The molecular formula is C17H22BrF9N2Si2. The number of hydrazine groups is 1. The Morgan fingerprint density at radius 3 is 1.32 bits per heavy atom. The van der Waals surface area contributed by atoms with Crippen molar-refractivity contribution < 1.29 is 39.5 Å². The van der Waals surface area contributed by atoms with Gasteiger partial charge in [0.15, 0.2) is 5.66 Å². The zero-order chi connectivity index (χ0) is 24.6. The van der Waals surface area contributed by atoms with Crippen LogP contribution in [0.4, 0.5) is 39.5 Å². The van der Waals surface area contributed by atoms with Crippen LogP contribution in [0.3, 0.4) is 0 Å². The van der Waals surface area contributed by atoms with Crippen LogP contribution < -0.4 is 0 Å². The van der Waals surface area contributed by atoms with Gasteiger partial charge < -0.3 is 0 Å². The molecule has 1 fully saturated rings. The fraction of sp³-hybridized carbons (Fsp3) is 0.647.